The number of ether oxygens (including phenoxy) is 3. The third-order valence-electron chi connectivity index (χ3n) is 2.51. The third kappa shape index (κ3) is 3.70. The van der Waals surface area contributed by atoms with Crippen LogP contribution in [-0.4, -0.2) is 29.5 Å². The molecule has 1 saturated heterocycles. The summed E-state index contributed by atoms with van der Waals surface area (Å²) in [6, 6.07) is 1.85. The average Bonchev–Trinajstić information content (AvgIpc) is 2.70. The lowest BCUT2D eigenvalue weighted by Crippen LogP contribution is -2.30. The number of aromatic nitrogens is 1. The summed E-state index contributed by atoms with van der Waals surface area (Å²) in [5, 5.41) is 0. The summed E-state index contributed by atoms with van der Waals surface area (Å²) in [4.78, 5) is 12.2. The van der Waals surface area contributed by atoms with E-state index in [1.54, 1.807) is 6.20 Å². The van der Waals surface area contributed by atoms with Crippen LogP contribution in [0.5, 0.6) is 0 Å². The average molecular weight is 379 g/mol. The second-order valence-electron chi connectivity index (χ2n) is 5.33. The Labute approximate surface area is 126 Å². The molecule has 0 spiro atoms. The van der Waals surface area contributed by atoms with Crippen LogP contribution in [0.25, 0.3) is 0 Å². The molecular formula is C13H18INO4. The smallest absolute Gasteiger partial charge is 0.418 e. The van der Waals surface area contributed by atoms with Crippen molar-refractivity contribution in [3.8, 4) is 0 Å². The van der Waals surface area contributed by atoms with Gasteiger partial charge in [0, 0.05) is 9.77 Å². The molecule has 0 bridgehead atoms. The lowest BCUT2D eigenvalue weighted by molar-refractivity contribution is -0.186. The molecule has 0 aromatic carbocycles. The second-order valence-corrected chi connectivity index (χ2v) is 6.49. The Morgan fingerprint density at radius 1 is 1.42 bits per heavy atom. The van der Waals surface area contributed by atoms with E-state index in [9.17, 15) is 4.79 Å². The Bertz CT molecular complexity index is 458. The molecule has 0 saturated carbocycles. The highest BCUT2D eigenvalue weighted by molar-refractivity contribution is 14.1. The SMILES string of the molecule is CC(C)(C)OC(=O)n1ccc(I)c1C1OCCCO1. The topological polar surface area (TPSA) is 49.7 Å². The first-order chi connectivity index (χ1) is 8.88. The van der Waals surface area contributed by atoms with Crippen molar-refractivity contribution in [2.75, 3.05) is 13.2 Å². The fourth-order valence-corrected chi connectivity index (χ4v) is 2.44. The fraction of sp³-hybridized carbons (Fsp3) is 0.615. The van der Waals surface area contributed by atoms with Crippen molar-refractivity contribution in [1.29, 1.82) is 0 Å². The maximum absolute atomic E-state index is 12.2. The first-order valence-corrected chi connectivity index (χ1v) is 7.29. The Morgan fingerprint density at radius 3 is 2.63 bits per heavy atom. The number of carbonyl (C=O) groups is 1. The molecule has 0 amide bonds. The summed E-state index contributed by atoms with van der Waals surface area (Å²) in [6.45, 7) is 6.80. The molecule has 1 aliphatic rings. The number of nitrogens with zero attached hydrogens (tertiary/aromatic N) is 1. The quantitative estimate of drug-likeness (QED) is 0.703. The molecule has 6 heteroatoms. The van der Waals surface area contributed by atoms with E-state index in [-0.39, 0.29) is 0 Å². The van der Waals surface area contributed by atoms with E-state index < -0.39 is 18.0 Å². The van der Waals surface area contributed by atoms with Gasteiger partial charge in [-0.3, -0.25) is 4.57 Å². The van der Waals surface area contributed by atoms with Crippen LogP contribution < -0.4 is 0 Å². The third-order valence-corrected chi connectivity index (χ3v) is 3.43. The highest BCUT2D eigenvalue weighted by Crippen LogP contribution is 2.28. The molecule has 1 aliphatic heterocycles. The summed E-state index contributed by atoms with van der Waals surface area (Å²) in [7, 11) is 0. The lowest BCUT2D eigenvalue weighted by atomic mass is 10.2. The number of halogens is 1. The first-order valence-electron chi connectivity index (χ1n) is 6.22. The van der Waals surface area contributed by atoms with Gasteiger partial charge in [-0.15, -0.1) is 0 Å². The van der Waals surface area contributed by atoms with Crippen LogP contribution in [0.4, 0.5) is 4.79 Å². The molecular weight excluding hydrogens is 361 g/mol. The maximum atomic E-state index is 12.2. The summed E-state index contributed by atoms with van der Waals surface area (Å²) >= 11 is 2.17. The van der Waals surface area contributed by atoms with Gasteiger partial charge in [0.25, 0.3) is 0 Å². The largest absolute Gasteiger partial charge is 0.443 e. The van der Waals surface area contributed by atoms with E-state index in [2.05, 4.69) is 22.6 Å². The second kappa shape index (κ2) is 5.80. The molecule has 0 N–H and O–H groups in total. The first kappa shape index (κ1) is 14.8. The van der Waals surface area contributed by atoms with Gasteiger partial charge in [-0.25, -0.2) is 4.79 Å². The van der Waals surface area contributed by atoms with E-state index in [4.69, 9.17) is 14.2 Å². The standard InChI is InChI=1S/C13H18INO4/c1-13(2,3)19-12(16)15-6-5-9(14)10(15)11-17-7-4-8-18-11/h5-6,11H,4,7-8H2,1-3H3. The van der Waals surface area contributed by atoms with Gasteiger partial charge < -0.3 is 14.2 Å². The predicted molar refractivity (Wildman–Crippen MR) is 78.0 cm³/mol. The highest BCUT2D eigenvalue weighted by Gasteiger charge is 2.27. The van der Waals surface area contributed by atoms with Crippen molar-refractivity contribution in [1.82, 2.24) is 4.57 Å². The van der Waals surface area contributed by atoms with Gasteiger partial charge in [-0.1, -0.05) is 0 Å². The summed E-state index contributed by atoms with van der Waals surface area (Å²) < 4.78 is 18.9. The predicted octanol–water partition coefficient (Wildman–Crippen LogP) is 3.31. The molecule has 1 aromatic rings. The zero-order valence-electron chi connectivity index (χ0n) is 11.3. The lowest BCUT2D eigenvalue weighted by Gasteiger charge is -2.26. The summed E-state index contributed by atoms with van der Waals surface area (Å²) in [5.74, 6) is 0. The van der Waals surface area contributed by atoms with Gasteiger partial charge in [0.1, 0.15) is 5.60 Å². The minimum Gasteiger partial charge on any atom is -0.443 e. The van der Waals surface area contributed by atoms with Gasteiger partial charge in [0.05, 0.1) is 18.9 Å². The van der Waals surface area contributed by atoms with Gasteiger partial charge in [-0.05, 0) is 55.8 Å². The van der Waals surface area contributed by atoms with Crippen LogP contribution in [0, 0.1) is 3.57 Å². The van der Waals surface area contributed by atoms with E-state index in [0.717, 1.165) is 9.99 Å². The minimum absolute atomic E-state index is 0.414. The van der Waals surface area contributed by atoms with Crippen LogP contribution in [0.1, 0.15) is 39.2 Å². The molecule has 1 fully saturated rings. The number of rotatable bonds is 1. The highest BCUT2D eigenvalue weighted by atomic mass is 127. The van der Waals surface area contributed by atoms with Crippen LogP contribution in [0.15, 0.2) is 12.3 Å². The molecule has 2 heterocycles. The summed E-state index contributed by atoms with van der Waals surface area (Å²) in [5.41, 5.74) is 0.174. The van der Waals surface area contributed by atoms with E-state index in [1.807, 2.05) is 26.8 Å². The van der Waals surface area contributed by atoms with E-state index in [0.29, 0.717) is 18.9 Å². The molecule has 106 valence electrons. The fourth-order valence-electron chi connectivity index (χ4n) is 1.76. The molecule has 0 atom stereocenters. The Balaban J connectivity index is 2.24. The van der Waals surface area contributed by atoms with Crippen molar-refractivity contribution in [3.63, 3.8) is 0 Å². The minimum atomic E-state index is -0.529. The zero-order valence-corrected chi connectivity index (χ0v) is 13.5. The van der Waals surface area contributed by atoms with Gasteiger partial charge in [0.2, 0.25) is 6.29 Å². The molecule has 0 unspecified atom stereocenters. The number of carbonyl (C=O) groups excluding carboxylic acids is 1. The monoisotopic (exact) mass is 379 g/mol. The van der Waals surface area contributed by atoms with Crippen molar-refractivity contribution >= 4 is 28.7 Å². The summed E-state index contributed by atoms with van der Waals surface area (Å²) in [6.07, 6.45) is 1.65. The number of hydrogen-bond acceptors (Lipinski definition) is 4. The van der Waals surface area contributed by atoms with Crippen molar-refractivity contribution in [3.05, 3.63) is 21.5 Å². The van der Waals surface area contributed by atoms with Crippen molar-refractivity contribution in [2.24, 2.45) is 0 Å². The molecule has 1 aromatic heterocycles. The van der Waals surface area contributed by atoms with E-state index >= 15 is 0 Å². The normalized spacial score (nSPS) is 17.5. The zero-order chi connectivity index (χ0) is 14.0. The Morgan fingerprint density at radius 2 is 2.05 bits per heavy atom. The van der Waals surface area contributed by atoms with Gasteiger partial charge >= 0.3 is 6.09 Å². The van der Waals surface area contributed by atoms with Crippen molar-refractivity contribution in [2.45, 2.75) is 39.1 Å². The Kier molecular flexibility index (Phi) is 4.52. The molecule has 19 heavy (non-hydrogen) atoms. The Hall–Kier alpha value is -0.600. The van der Waals surface area contributed by atoms with Gasteiger partial charge in [0.15, 0.2) is 0 Å². The molecule has 2 rings (SSSR count). The van der Waals surface area contributed by atoms with Crippen LogP contribution in [0.2, 0.25) is 0 Å². The van der Waals surface area contributed by atoms with Gasteiger partial charge in [-0.2, -0.15) is 0 Å². The van der Waals surface area contributed by atoms with Crippen molar-refractivity contribution < 1.29 is 19.0 Å². The van der Waals surface area contributed by atoms with Crippen LogP contribution >= 0.6 is 22.6 Å². The number of hydrogen-bond donors (Lipinski definition) is 0. The van der Waals surface area contributed by atoms with Crippen LogP contribution in [0.3, 0.4) is 0 Å². The molecule has 5 nitrogen and oxygen atoms in total. The maximum Gasteiger partial charge on any atom is 0.418 e. The molecule has 0 aliphatic carbocycles. The molecule has 0 radical (unpaired) electrons. The van der Waals surface area contributed by atoms with E-state index in [1.165, 1.54) is 4.57 Å². The van der Waals surface area contributed by atoms with Crippen LogP contribution in [-0.2, 0) is 14.2 Å².